The topological polar surface area (TPSA) is 24.8 Å². The molecule has 0 fully saturated rings. The van der Waals surface area contributed by atoms with E-state index in [1.54, 1.807) is 18.3 Å². The molecule has 18 heavy (non-hydrogen) atoms. The molecule has 0 aromatic heterocycles. The molecule has 0 atom stereocenters. The zero-order valence-electron chi connectivity index (χ0n) is 10.6. The summed E-state index contributed by atoms with van der Waals surface area (Å²) in [4.78, 5) is 0. The molecule has 0 spiro atoms. The maximum absolute atomic E-state index is 6.24. The number of hydrazone groups is 1. The highest BCUT2D eigenvalue weighted by Gasteiger charge is 2.17. The summed E-state index contributed by atoms with van der Waals surface area (Å²) in [6.45, 7) is 4.03. The van der Waals surface area contributed by atoms with Gasteiger partial charge >= 0.3 is 0 Å². The van der Waals surface area contributed by atoms with E-state index in [2.05, 4.69) is 5.10 Å². The summed E-state index contributed by atoms with van der Waals surface area (Å²) < 4.78 is 5.34. The number of benzene rings is 1. The van der Waals surface area contributed by atoms with Gasteiger partial charge in [-0.3, -0.25) is 0 Å². The third-order valence-electron chi connectivity index (χ3n) is 2.83. The number of halogens is 1. The zero-order chi connectivity index (χ0) is 13.1. The van der Waals surface area contributed by atoms with E-state index in [1.807, 2.05) is 44.2 Å². The Labute approximate surface area is 112 Å². The maximum atomic E-state index is 6.24. The summed E-state index contributed by atoms with van der Waals surface area (Å²) >= 11 is 6.24. The average Bonchev–Trinajstić information content (AvgIpc) is 2.55. The van der Waals surface area contributed by atoms with Crippen LogP contribution in [0.2, 0.25) is 0 Å². The molecule has 1 aliphatic rings. The van der Waals surface area contributed by atoms with Gasteiger partial charge < -0.3 is 4.74 Å². The molecule has 2 rings (SSSR count). The van der Waals surface area contributed by atoms with Crippen molar-refractivity contribution >= 4 is 23.5 Å². The number of anilines is 1. The van der Waals surface area contributed by atoms with Crippen molar-refractivity contribution in [3.05, 3.63) is 46.6 Å². The van der Waals surface area contributed by atoms with Crippen LogP contribution in [0.25, 0.3) is 0 Å². The third kappa shape index (κ3) is 2.27. The van der Waals surface area contributed by atoms with Crippen LogP contribution in [0.4, 0.5) is 5.69 Å². The van der Waals surface area contributed by atoms with Crippen molar-refractivity contribution < 1.29 is 4.74 Å². The minimum Gasteiger partial charge on any atom is -0.496 e. The molecule has 94 valence electrons. The molecule has 0 amide bonds. The van der Waals surface area contributed by atoms with Crippen molar-refractivity contribution in [2.24, 2.45) is 5.10 Å². The fourth-order valence-corrected chi connectivity index (χ4v) is 2.15. The molecule has 4 heteroatoms. The van der Waals surface area contributed by atoms with E-state index < -0.39 is 0 Å². The van der Waals surface area contributed by atoms with E-state index in [-0.39, 0.29) is 0 Å². The van der Waals surface area contributed by atoms with Crippen molar-refractivity contribution in [1.82, 2.24) is 0 Å². The second-order valence-electron chi connectivity index (χ2n) is 4.01. The Bertz CT molecular complexity index is 547. The van der Waals surface area contributed by atoms with Crippen molar-refractivity contribution in [1.29, 1.82) is 0 Å². The first-order valence-electron chi connectivity index (χ1n) is 5.66. The SMILES string of the molecule is COc1ccc(C)c(N2N=CC=CC=C2Cl)c1C. The standard InChI is InChI=1S/C14H15ClN2O/c1-10-7-8-12(18-3)11(2)14(10)17-13(15)6-4-5-9-16-17/h4-9H,1-3H3. The molecule has 3 nitrogen and oxygen atoms in total. The summed E-state index contributed by atoms with van der Waals surface area (Å²) in [5.41, 5.74) is 3.07. The molecular weight excluding hydrogens is 248 g/mol. The van der Waals surface area contributed by atoms with Crippen LogP contribution in [0.1, 0.15) is 11.1 Å². The Kier molecular flexibility index (Phi) is 3.72. The Morgan fingerprint density at radius 2 is 2.00 bits per heavy atom. The number of nitrogens with zero attached hydrogens (tertiary/aromatic N) is 2. The highest BCUT2D eigenvalue weighted by atomic mass is 35.5. The van der Waals surface area contributed by atoms with Crippen LogP contribution in [0.5, 0.6) is 5.75 Å². The second kappa shape index (κ2) is 5.27. The Balaban J connectivity index is 2.57. The molecule has 1 heterocycles. The highest BCUT2D eigenvalue weighted by Crippen LogP contribution is 2.35. The Hall–Kier alpha value is -1.74. The molecule has 0 saturated heterocycles. The Morgan fingerprint density at radius 3 is 2.72 bits per heavy atom. The lowest BCUT2D eigenvalue weighted by atomic mass is 10.1. The first-order valence-corrected chi connectivity index (χ1v) is 6.03. The third-order valence-corrected chi connectivity index (χ3v) is 3.12. The second-order valence-corrected chi connectivity index (χ2v) is 4.40. The molecule has 0 N–H and O–H groups in total. The average molecular weight is 263 g/mol. The van der Waals surface area contributed by atoms with Crippen molar-refractivity contribution in [3.8, 4) is 5.75 Å². The van der Waals surface area contributed by atoms with Gasteiger partial charge in [-0.05, 0) is 37.6 Å². The van der Waals surface area contributed by atoms with Gasteiger partial charge in [-0.2, -0.15) is 5.10 Å². The minimum atomic E-state index is 0.555. The molecule has 0 saturated carbocycles. The van der Waals surface area contributed by atoms with E-state index in [4.69, 9.17) is 16.3 Å². The first-order chi connectivity index (χ1) is 8.65. The molecular formula is C14H15ClN2O. The van der Waals surface area contributed by atoms with Gasteiger partial charge in [0, 0.05) is 11.8 Å². The molecule has 0 aliphatic carbocycles. The summed E-state index contributed by atoms with van der Waals surface area (Å²) in [5.74, 6) is 0.826. The number of hydrogen-bond donors (Lipinski definition) is 0. The van der Waals surface area contributed by atoms with E-state index >= 15 is 0 Å². The van der Waals surface area contributed by atoms with Gasteiger partial charge in [0.25, 0.3) is 0 Å². The number of ether oxygens (including phenoxy) is 1. The monoisotopic (exact) mass is 262 g/mol. The van der Waals surface area contributed by atoms with Crippen LogP contribution in [-0.4, -0.2) is 13.3 Å². The van der Waals surface area contributed by atoms with Crippen LogP contribution in [0.15, 0.2) is 40.6 Å². The van der Waals surface area contributed by atoms with Crippen LogP contribution in [0, 0.1) is 13.8 Å². The van der Waals surface area contributed by atoms with Crippen LogP contribution in [-0.2, 0) is 0 Å². The summed E-state index contributed by atoms with van der Waals surface area (Å²) in [5, 5.41) is 6.61. The first kappa shape index (κ1) is 12.7. The van der Waals surface area contributed by atoms with Gasteiger partial charge in [0.05, 0.1) is 12.8 Å². The predicted octanol–water partition coefficient (Wildman–Crippen LogP) is 3.75. The quantitative estimate of drug-likeness (QED) is 0.758. The van der Waals surface area contributed by atoms with Gasteiger partial charge in [-0.15, -0.1) is 0 Å². The van der Waals surface area contributed by atoms with Crippen molar-refractivity contribution in [2.45, 2.75) is 13.8 Å². The fourth-order valence-electron chi connectivity index (χ4n) is 1.94. The van der Waals surface area contributed by atoms with Crippen LogP contribution >= 0.6 is 11.6 Å². The lowest BCUT2D eigenvalue weighted by Gasteiger charge is -2.22. The smallest absolute Gasteiger partial charge is 0.131 e. The van der Waals surface area contributed by atoms with Crippen LogP contribution in [0.3, 0.4) is 0 Å². The van der Waals surface area contributed by atoms with E-state index in [0.29, 0.717) is 5.16 Å². The minimum absolute atomic E-state index is 0.555. The van der Waals surface area contributed by atoms with Gasteiger partial charge in [-0.1, -0.05) is 23.7 Å². The number of hydrogen-bond acceptors (Lipinski definition) is 3. The predicted molar refractivity (Wildman–Crippen MR) is 76.5 cm³/mol. The lowest BCUT2D eigenvalue weighted by molar-refractivity contribution is 0.411. The largest absolute Gasteiger partial charge is 0.496 e. The van der Waals surface area contributed by atoms with Gasteiger partial charge in [0.2, 0.25) is 0 Å². The maximum Gasteiger partial charge on any atom is 0.131 e. The fraction of sp³-hybridized carbons (Fsp3) is 0.214. The molecule has 1 aromatic carbocycles. The highest BCUT2D eigenvalue weighted by molar-refractivity contribution is 6.31. The molecule has 0 bridgehead atoms. The Morgan fingerprint density at radius 1 is 1.22 bits per heavy atom. The lowest BCUT2D eigenvalue weighted by Crippen LogP contribution is -2.14. The number of rotatable bonds is 2. The van der Waals surface area contributed by atoms with Gasteiger partial charge in [0.15, 0.2) is 0 Å². The molecule has 0 unspecified atom stereocenters. The van der Waals surface area contributed by atoms with E-state index in [1.165, 1.54) is 0 Å². The normalized spacial score (nSPS) is 14.4. The molecule has 1 aliphatic heterocycles. The van der Waals surface area contributed by atoms with E-state index in [9.17, 15) is 0 Å². The molecule has 0 radical (unpaired) electrons. The summed E-state index contributed by atoms with van der Waals surface area (Å²) in [7, 11) is 1.66. The van der Waals surface area contributed by atoms with Crippen LogP contribution < -0.4 is 9.75 Å². The zero-order valence-corrected chi connectivity index (χ0v) is 11.4. The number of aryl methyl sites for hydroxylation is 1. The number of allylic oxidation sites excluding steroid dienone is 3. The summed E-state index contributed by atoms with van der Waals surface area (Å²) in [6, 6.07) is 3.95. The number of methoxy groups -OCH3 is 1. The van der Waals surface area contributed by atoms with Gasteiger partial charge in [0.1, 0.15) is 10.9 Å². The summed E-state index contributed by atoms with van der Waals surface area (Å²) in [6.07, 6.45) is 7.22. The molecule has 1 aromatic rings. The van der Waals surface area contributed by atoms with E-state index in [0.717, 1.165) is 22.6 Å². The van der Waals surface area contributed by atoms with Gasteiger partial charge in [-0.25, -0.2) is 5.01 Å². The van der Waals surface area contributed by atoms with Crippen molar-refractivity contribution in [3.63, 3.8) is 0 Å². The van der Waals surface area contributed by atoms with Crippen molar-refractivity contribution in [2.75, 3.05) is 12.1 Å².